The number of furan rings is 1. The monoisotopic (exact) mass is 375 g/mol. The molecule has 0 radical (unpaired) electrons. The van der Waals surface area contributed by atoms with Crippen LogP contribution in [0.4, 0.5) is 0 Å². The molecule has 0 fully saturated rings. The van der Waals surface area contributed by atoms with Crippen molar-refractivity contribution in [2.24, 2.45) is 4.99 Å². The molecule has 2 heterocycles. The lowest BCUT2D eigenvalue weighted by molar-refractivity contribution is 0.193. The lowest BCUT2D eigenvalue weighted by atomic mass is 10.1. The van der Waals surface area contributed by atoms with E-state index in [2.05, 4.69) is 60.3 Å². The Hall–Kier alpha value is -2.28. The van der Waals surface area contributed by atoms with Crippen LogP contribution in [0.1, 0.15) is 63.8 Å². The van der Waals surface area contributed by atoms with Crippen molar-refractivity contribution in [3.8, 4) is 0 Å². The van der Waals surface area contributed by atoms with Gasteiger partial charge in [0.15, 0.2) is 11.7 Å². The Balaban J connectivity index is 2.04. The SMILES string of the molecule is CCNC(=NCc1cc(C(C)C)no1)NCC(c1ccco1)N(CC)CC. The molecule has 0 saturated carbocycles. The van der Waals surface area contributed by atoms with Crippen molar-refractivity contribution < 1.29 is 8.94 Å². The van der Waals surface area contributed by atoms with Crippen LogP contribution in [0.15, 0.2) is 38.4 Å². The highest BCUT2D eigenvalue weighted by Gasteiger charge is 2.20. The van der Waals surface area contributed by atoms with Crippen molar-refractivity contribution in [2.45, 2.75) is 53.1 Å². The fraction of sp³-hybridized carbons (Fsp3) is 0.600. The zero-order valence-electron chi connectivity index (χ0n) is 17.2. The van der Waals surface area contributed by atoms with Crippen molar-refractivity contribution in [1.29, 1.82) is 0 Å². The van der Waals surface area contributed by atoms with E-state index < -0.39 is 0 Å². The third kappa shape index (κ3) is 6.13. The van der Waals surface area contributed by atoms with Gasteiger partial charge in [0.25, 0.3) is 0 Å². The zero-order chi connectivity index (χ0) is 19.6. The van der Waals surface area contributed by atoms with Gasteiger partial charge in [-0.25, -0.2) is 4.99 Å². The number of guanidine groups is 1. The first-order valence-electron chi connectivity index (χ1n) is 9.84. The van der Waals surface area contributed by atoms with Crippen LogP contribution in [-0.4, -0.2) is 42.2 Å². The molecule has 1 unspecified atom stereocenters. The molecule has 2 N–H and O–H groups in total. The fourth-order valence-electron chi connectivity index (χ4n) is 2.92. The van der Waals surface area contributed by atoms with Gasteiger partial charge >= 0.3 is 0 Å². The molecule has 1 atom stereocenters. The molecule has 0 spiro atoms. The van der Waals surface area contributed by atoms with E-state index in [0.29, 0.717) is 19.0 Å². The van der Waals surface area contributed by atoms with Crippen molar-refractivity contribution in [1.82, 2.24) is 20.7 Å². The molecule has 2 aromatic rings. The summed E-state index contributed by atoms with van der Waals surface area (Å²) in [5.41, 5.74) is 0.956. The molecule has 0 aliphatic carbocycles. The molecule has 2 rings (SSSR count). The Morgan fingerprint density at radius 3 is 2.56 bits per heavy atom. The van der Waals surface area contributed by atoms with Crippen LogP contribution >= 0.6 is 0 Å². The molecule has 7 heteroatoms. The molecule has 0 aliphatic heterocycles. The number of hydrogen-bond acceptors (Lipinski definition) is 5. The van der Waals surface area contributed by atoms with Crippen LogP contribution in [0.5, 0.6) is 0 Å². The standard InChI is InChI=1S/C20H33N5O2/c1-6-21-20(22-13-16-12-17(15(4)5)24-27-16)23-14-18(25(7-2)8-3)19-10-9-11-26-19/h9-12,15,18H,6-8,13-14H2,1-5H3,(H2,21,22,23). The lowest BCUT2D eigenvalue weighted by Crippen LogP contribution is -2.43. The summed E-state index contributed by atoms with van der Waals surface area (Å²) in [6.45, 7) is 14.4. The number of hydrogen-bond donors (Lipinski definition) is 2. The Kier molecular flexibility index (Phi) is 8.39. The van der Waals surface area contributed by atoms with Crippen molar-refractivity contribution in [2.75, 3.05) is 26.2 Å². The maximum absolute atomic E-state index is 5.66. The van der Waals surface area contributed by atoms with E-state index in [9.17, 15) is 0 Å². The van der Waals surface area contributed by atoms with Gasteiger partial charge in [0.2, 0.25) is 0 Å². The zero-order valence-corrected chi connectivity index (χ0v) is 17.2. The number of nitrogens with one attached hydrogen (secondary N) is 2. The van der Waals surface area contributed by atoms with E-state index in [1.165, 1.54) is 0 Å². The predicted molar refractivity (Wildman–Crippen MR) is 108 cm³/mol. The molecule has 0 bridgehead atoms. The van der Waals surface area contributed by atoms with Crippen molar-refractivity contribution >= 4 is 5.96 Å². The lowest BCUT2D eigenvalue weighted by Gasteiger charge is -2.28. The second-order valence-electron chi connectivity index (χ2n) is 6.70. The summed E-state index contributed by atoms with van der Waals surface area (Å²) in [5.74, 6) is 2.82. The fourth-order valence-corrected chi connectivity index (χ4v) is 2.92. The molecule has 0 amide bonds. The van der Waals surface area contributed by atoms with Gasteiger partial charge in [0.05, 0.1) is 18.0 Å². The molecule has 7 nitrogen and oxygen atoms in total. The molecule has 0 aromatic carbocycles. The van der Waals surface area contributed by atoms with Gasteiger partial charge in [-0.05, 0) is 38.1 Å². The first-order valence-corrected chi connectivity index (χ1v) is 9.84. The minimum atomic E-state index is 0.150. The molecular formula is C20H33N5O2. The summed E-state index contributed by atoms with van der Waals surface area (Å²) >= 11 is 0. The summed E-state index contributed by atoms with van der Waals surface area (Å²) in [6.07, 6.45) is 1.72. The minimum absolute atomic E-state index is 0.150. The second-order valence-corrected chi connectivity index (χ2v) is 6.70. The van der Waals surface area contributed by atoms with E-state index in [-0.39, 0.29) is 6.04 Å². The van der Waals surface area contributed by atoms with Crippen LogP contribution in [-0.2, 0) is 6.54 Å². The van der Waals surface area contributed by atoms with Crippen LogP contribution in [0, 0.1) is 0 Å². The van der Waals surface area contributed by atoms with Crippen molar-refractivity contribution in [3.63, 3.8) is 0 Å². The van der Waals surface area contributed by atoms with Crippen LogP contribution in [0.2, 0.25) is 0 Å². The van der Waals surface area contributed by atoms with Crippen LogP contribution in [0.3, 0.4) is 0 Å². The van der Waals surface area contributed by atoms with Gasteiger partial charge in [0.1, 0.15) is 12.3 Å². The normalized spacial score (nSPS) is 13.4. The highest BCUT2D eigenvalue weighted by Crippen LogP contribution is 2.20. The Bertz CT molecular complexity index is 674. The summed E-state index contributed by atoms with van der Waals surface area (Å²) in [7, 11) is 0. The number of aromatic nitrogens is 1. The number of rotatable bonds is 10. The minimum Gasteiger partial charge on any atom is -0.468 e. The van der Waals surface area contributed by atoms with E-state index in [1.54, 1.807) is 6.26 Å². The Labute approximate surface area is 162 Å². The third-order valence-electron chi connectivity index (χ3n) is 4.49. The highest BCUT2D eigenvalue weighted by molar-refractivity contribution is 5.79. The van der Waals surface area contributed by atoms with E-state index in [0.717, 1.165) is 42.8 Å². The van der Waals surface area contributed by atoms with E-state index in [4.69, 9.17) is 8.94 Å². The highest BCUT2D eigenvalue weighted by atomic mass is 16.5. The largest absolute Gasteiger partial charge is 0.468 e. The van der Waals surface area contributed by atoms with Gasteiger partial charge in [-0.2, -0.15) is 0 Å². The quantitative estimate of drug-likeness (QED) is 0.489. The number of likely N-dealkylation sites (N-methyl/N-ethyl adjacent to an activating group) is 1. The second kappa shape index (κ2) is 10.8. The van der Waals surface area contributed by atoms with Gasteiger partial charge in [-0.15, -0.1) is 0 Å². The molecule has 2 aromatic heterocycles. The van der Waals surface area contributed by atoms with Crippen LogP contribution < -0.4 is 10.6 Å². The molecular weight excluding hydrogens is 342 g/mol. The van der Waals surface area contributed by atoms with Crippen LogP contribution in [0.25, 0.3) is 0 Å². The average molecular weight is 376 g/mol. The summed E-state index contributed by atoms with van der Waals surface area (Å²) in [6, 6.07) is 6.08. The maximum atomic E-state index is 5.66. The maximum Gasteiger partial charge on any atom is 0.191 e. The summed E-state index contributed by atoms with van der Waals surface area (Å²) in [5, 5.41) is 10.8. The summed E-state index contributed by atoms with van der Waals surface area (Å²) < 4.78 is 11.0. The first-order chi connectivity index (χ1) is 13.1. The number of nitrogens with zero attached hydrogens (tertiary/aromatic N) is 3. The van der Waals surface area contributed by atoms with Gasteiger partial charge in [0, 0.05) is 19.2 Å². The Morgan fingerprint density at radius 1 is 1.22 bits per heavy atom. The van der Waals surface area contributed by atoms with Crippen molar-refractivity contribution in [3.05, 3.63) is 41.7 Å². The molecule has 0 aliphatic rings. The molecule has 0 saturated heterocycles. The van der Waals surface area contributed by atoms with Gasteiger partial charge in [-0.3, -0.25) is 4.90 Å². The molecule has 150 valence electrons. The van der Waals surface area contributed by atoms with Gasteiger partial charge in [-0.1, -0.05) is 32.9 Å². The Morgan fingerprint density at radius 2 is 2.00 bits per heavy atom. The smallest absolute Gasteiger partial charge is 0.191 e. The third-order valence-corrected chi connectivity index (χ3v) is 4.49. The van der Waals surface area contributed by atoms with Gasteiger partial charge < -0.3 is 19.6 Å². The molecule has 27 heavy (non-hydrogen) atoms. The first kappa shape index (κ1) is 21.0. The topological polar surface area (TPSA) is 78.8 Å². The van der Waals surface area contributed by atoms with E-state index >= 15 is 0 Å². The number of aliphatic imine (C=N–C) groups is 1. The van der Waals surface area contributed by atoms with E-state index in [1.807, 2.05) is 18.2 Å². The predicted octanol–water partition coefficient (Wildman–Crippen LogP) is 3.53. The summed E-state index contributed by atoms with van der Waals surface area (Å²) in [4.78, 5) is 6.99. The average Bonchev–Trinajstić information content (AvgIpc) is 3.35.